The Labute approximate surface area is 287 Å². The van der Waals surface area contributed by atoms with E-state index in [9.17, 15) is 19.2 Å². The van der Waals surface area contributed by atoms with Crippen LogP contribution in [-0.4, -0.2) is 58.7 Å². The Hall–Kier alpha value is -5.14. The molecule has 2 aromatic carbocycles. The van der Waals surface area contributed by atoms with Gasteiger partial charge in [-0.2, -0.15) is 0 Å². The lowest BCUT2D eigenvalue weighted by Gasteiger charge is -2.22. The van der Waals surface area contributed by atoms with Crippen molar-refractivity contribution in [1.82, 2.24) is 21.3 Å². The molecule has 0 bridgehead atoms. The first-order valence-electron chi connectivity index (χ1n) is 15.8. The average Bonchev–Trinajstić information content (AvgIpc) is 3.20. The summed E-state index contributed by atoms with van der Waals surface area (Å²) in [6.45, 7) is 20.6. The maximum Gasteiger partial charge on any atom is 0.414 e. The average molecular weight is 681 g/mol. The van der Waals surface area contributed by atoms with Gasteiger partial charge in [0.2, 0.25) is 11.9 Å². The lowest BCUT2D eigenvalue weighted by Crippen LogP contribution is -2.47. The van der Waals surface area contributed by atoms with Crippen molar-refractivity contribution >= 4 is 47.7 Å². The number of carbonyl (C=O) groups is 4. The number of nitrogens with one attached hydrogen (secondary N) is 4. The second-order valence-electron chi connectivity index (χ2n) is 15.3. The Morgan fingerprint density at radius 2 is 0.837 bits per heavy atom. The van der Waals surface area contributed by atoms with E-state index in [1.54, 1.807) is 95.2 Å². The van der Waals surface area contributed by atoms with Crippen molar-refractivity contribution in [3.05, 3.63) is 47.5 Å². The Balaban J connectivity index is 1.93. The fourth-order valence-corrected chi connectivity index (χ4v) is 4.34. The molecule has 0 aliphatic heterocycles. The van der Waals surface area contributed by atoms with Crippen molar-refractivity contribution in [3.8, 4) is 11.1 Å². The number of nitrogens with zero attached hydrogens (tertiary/aromatic N) is 2. The van der Waals surface area contributed by atoms with Gasteiger partial charge < -0.3 is 18.9 Å². The van der Waals surface area contributed by atoms with Crippen LogP contribution in [0.1, 0.15) is 94.2 Å². The molecule has 0 atom stereocenters. The van der Waals surface area contributed by atoms with Crippen molar-refractivity contribution in [2.75, 3.05) is 0 Å². The second kappa shape index (κ2) is 14.5. The van der Waals surface area contributed by atoms with Crippen LogP contribution in [0.4, 0.5) is 30.6 Å². The fraction of sp³-hybridized carbons (Fsp3) is 0.486. The van der Waals surface area contributed by atoms with Crippen LogP contribution in [0.5, 0.6) is 0 Å². The Bertz CT molecular complexity index is 1590. The van der Waals surface area contributed by atoms with E-state index in [2.05, 4.69) is 31.3 Å². The van der Waals surface area contributed by atoms with E-state index >= 15 is 0 Å². The van der Waals surface area contributed by atoms with Gasteiger partial charge in [-0.1, -0.05) is 12.1 Å². The van der Waals surface area contributed by atoms with E-state index in [-0.39, 0.29) is 11.9 Å². The van der Waals surface area contributed by atoms with E-state index in [4.69, 9.17) is 18.9 Å². The minimum Gasteiger partial charge on any atom is -0.444 e. The summed E-state index contributed by atoms with van der Waals surface area (Å²) in [6.07, 6.45) is -2.63. The molecule has 14 heteroatoms. The number of hydrogen-bond acceptors (Lipinski definition) is 10. The first-order valence-corrected chi connectivity index (χ1v) is 15.8. The highest BCUT2D eigenvalue weighted by Gasteiger charge is 2.24. The molecule has 4 N–H and O–H groups in total. The molecule has 4 amide bonds. The molecule has 0 fully saturated rings. The molecule has 2 aromatic rings. The summed E-state index contributed by atoms with van der Waals surface area (Å²) < 4.78 is 21.3. The third-order valence-corrected chi connectivity index (χ3v) is 5.81. The summed E-state index contributed by atoms with van der Waals surface area (Å²) in [7, 11) is 0. The Morgan fingerprint density at radius 1 is 0.490 bits per heavy atom. The van der Waals surface area contributed by atoms with Crippen LogP contribution >= 0.6 is 0 Å². The maximum absolute atomic E-state index is 12.5. The van der Waals surface area contributed by atoms with Crippen LogP contribution in [0.25, 0.3) is 11.1 Å². The molecule has 49 heavy (non-hydrogen) atoms. The highest BCUT2D eigenvalue weighted by atomic mass is 16.6. The van der Waals surface area contributed by atoms with Crippen LogP contribution in [0, 0.1) is 0 Å². The Kier molecular flexibility index (Phi) is 11.4. The zero-order chi connectivity index (χ0) is 36.9. The maximum atomic E-state index is 12.5. The minimum atomic E-state index is -0.802. The van der Waals surface area contributed by atoms with Crippen molar-refractivity contribution in [2.45, 2.75) is 112 Å². The molecule has 0 unspecified atom stereocenters. The summed E-state index contributed by atoms with van der Waals surface area (Å²) in [5.74, 6) is -0.341. The zero-order valence-electron chi connectivity index (χ0n) is 30.3. The minimum absolute atomic E-state index is 0.168. The van der Waals surface area contributed by atoms with Gasteiger partial charge in [0.15, 0.2) is 0 Å². The molecule has 1 aliphatic rings. The van der Waals surface area contributed by atoms with Crippen molar-refractivity contribution in [2.24, 2.45) is 9.98 Å². The van der Waals surface area contributed by atoms with E-state index in [0.29, 0.717) is 17.8 Å². The number of amides is 4. The lowest BCUT2D eigenvalue weighted by molar-refractivity contribution is 0.0521. The quantitative estimate of drug-likeness (QED) is 0.123. The molecule has 0 spiro atoms. The van der Waals surface area contributed by atoms with Gasteiger partial charge in [-0.15, -0.1) is 0 Å². The molecule has 266 valence electrons. The zero-order valence-corrected chi connectivity index (χ0v) is 30.3. The topological polar surface area (TPSA) is 178 Å². The van der Waals surface area contributed by atoms with Gasteiger partial charge in [-0.05, 0) is 136 Å². The summed E-state index contributed by atoms with van der Waals surface area (Å²) in [5, 5.41) is 9.94. The summed E-state index contributed by atoms with van der Waals surface area (Å²) in [4.78, 5) is 59.1. The molecular formula is C35H48N6O8. The molecule has 0 saturated carbocycles. The number of rotatable bonds is 2. The second-order valence-corrected chi connectivity index (χ2v) is 15.3. The van der Waals surface area contributed by atoms with Crippen LogP contribution in [-0.2, 0) is 25.4 Å². The first kappa shape index (κ1) is 38.3. The number of guanidine groups is 2. The SMILES string of the molecule is CC(C)(C)OC(=O)NC(=Nc1ccc2c(c1)Cc1ccc(N=C(NC(=O)OC(C)(C)C)NC(=O)OC(C)(C)C)cc1-2)NC(=O)OC(C)(C)C. The van der Waals surface area contributed by atoms with Crippen LogP contribution in [0.15, 0.2) is 46.4 Å². The first-order chi connectivity index (χ1) is 22.3. The predicted molar refractivity (Wildman–Crippen MR) is 186 cm³/mol. The third-order valence-electron chi connectivity index (χ3n) is 5.81. The van der Waals surface area contributed by atoms with Crippen molar-refractivity contribution in [3.63, 3.8) is 0 Å². The van der Waals surface area contributed by atoms with Gasteiger partial charge in [0.1, 0.15) is 22.4 Å². The standard InChI is InChI=1S/C35H48N6O8/c1-32(2,3)46-28(42)38-26(39-29(43)47-33(4,5)6)36-22-15-16-24-21(18-22)17-20-13-14-23(19-25(20)24)37-27(40-30(44)48-34(7,8)9)41-31(45)49-35(10,11)12/h13-16,18-19H,17H2,1-12H3,(H2,36,38,39,42,43)(H2,37,40,41,44,45). The van der Waals surface area contributed by atoms with Gasteiger partial charge in [0.05, 0.1) is 11.4 Å². The van der Waals surface area contributed by atoms with Crippen LogP contribution in [0.3, 0.4) is 0 Å². The number of fused-ring (bicyclic) bond motifs is 3. The number of carbonyl (C=O) groups excluding carboxylic acids is 4. The van der Waals surface area contributed by atoms with Crippen LogP contribution < -0.4 is 21.3 Å². The number of alkyl carbamates (subject to hydrolysis) is 4. The van der Waals surface area contributed by atoms with E-state index in [0.717, 1.165) is 22.3 Å². The molecule has 1 aliphatic carbocycles. The van der Waals surface area contributed by atoms with Gasteiger partial charge >= 0.3 is 24.4 Å². The van der Waals surface area contributed by atoms with E-state index in [1.807, 2.05) is 24.3 Å². The molecule has 0 heterocycles. The van der Waals surface area contributed by atoms with Gasteiger partial charge in [0, 0.05) is 0 Å². The van der Waals surface area contributed by atoms with Gasteiger partial charge in [0.25, 0.3) is 0 Å². The lowest BCUT2D eigenvalue weighted by atomic mass is 10.0. The van der Waals surface area contributed by atoms with Gasteiger partial charge in [-0.25, -0.2) is 29.2 Å². The monoisotopic (exact) mass is 680 g/mol. The Morgan fingerprint density at radius 3 is 1.20 bits per heavy atom. The third kappa shape index (κ3) is 13.5. The smallest absolute Gasteiger partial charge is 0.414 e. The van der Waals surface area contributed by atoms with E-state index in [1.165, 1.54) is 0 Å². The molecule has 0 radical (unpaired) electrons. The number of hydrogen-bond donors (Lipinski definition) is 4. The summed E-state index contributed by atoms with van der Waals surface area (Å²) in [5.41, 5.74) is 1.54. The highest BCUT2D eigenvalue weighted by molar-refractivity contribution is 6.03. The summed E-state index contributed by atoms with van der Waals surface area (Å²) in [6, 6.07) is 10.9. The van der Waals surface area contributed by atoms with Gasteiger partial charge in [-0.3, -0.25) is 21.3 Å². The molecular weight excluding hydrogens is 632 g/mol. The van der Waals surface area contributed by atoms with Crippen molar-refractivity contribution < 1.29 is 38.1 Å². The molecule has 14 nitrogen and oxygen atoms in total. The van der Waals surface area contributed by atoms with Crippen molar-refractivity contribution in [1.29, 1.82) is 0 Å². The highest BCUT2D eigenvalue weighted by Crippen LogP contribution is 2.40. The molecule has 0 saturated heterocycles. The van der Waals surface area contributed by atoms with E-state index < -0.39 is 46.8 Å². The fourth-order valence-electron chi connectivity index (χ4n) is 4.34. The largest absolute Gasteiger partial charge is 0.444 e. The predicted octanol–water partition coefficient (Wildman–Crippen LogP) is 7.33. The summed E-state index contributed by atoms with van der Waals surface area (Å²) >= 11 is 0. The van der Waals surface area contributed by atoms with Crippen LogP contribution in [0.2, 0.25) is 0 Å². The number of aliphatic imine (C=N–C) groups is 2. The molecule has 0 aromatic heterocycles. The number of ether oxygens (including phenoxy) is 4. The molecule has 3 rings (SSSR count). The number of benzene rings is 2. The normalized spacial score (nSPS) is 12.3.